The minimum atomic E-state index is -3.65. The quantitative estimate of drug-likeness (QED) is 0.867. The van der Waals surface area contributed by atoms with Crippen molar-refractivity contribution in [3.63, 3.8) is 0 Å². The molecule has 1 aliphatic rings. The molecule has 7 nitrogen and oxygen atoms in total. The minimum Gasteiger partial charge on any atom is -0.486 e. The zero-order valence-electron chi connectivity index (χ0n) is 13.7. The van der Waals surface area contributed by atoms with Crippen molar-refractivity contribution in [2.75, 3.05) is 23.8 Å². The topological polar surface area (TPSA) is 84.9 Å². The monoisotopic (exact) mass is 342 g/mol. The highest BCUT2D eigenvalue weighted by Crippen LogP contribution is 2.35. The van der Waals surface area contributed by atoms with Gasteiger partial charge >= 0.3 is 0 Å². The van der Waals surface area contributed by atoms with Gasteiger partial charge < -0.3 is 14.8 Å². The molecule has 0 saturated carbocycles. The smallest absolute Gasteiger partial charge is 0.243 e. The van der Waals surface area contributed by atoms with Gasteiger partial charge in [-0.05, 0) is 32.9 Å². The Bertz CT molecular complexity index is 687. The fourth-order valence-corrected chi connectivity index (χ4v) is 3.55. The van der Waals surface area contributed by atoms with Crippen LogP contribution < -0.4 is 19.1 Å². The average molecular weight is 342 g/mol. The number of amides is 1. The zero-order chi connectivity index (χ0) is 17.2. The van der Waals surface area contributed by atoms with Gasteiger partial charge in [-0.25, -0.2) is 8.42 Å². The fraction of sp³-hybridized carbons (Fsp3) is 0.533. The molecular weight excluding hydrogens is 320 g/mol. The molecule has 8 heteroatoms. The summed E-state index contributed by atoms with van der Waals surface area (Å²) < 4.78 is 36.4. The number of nitrogens with one attached hydrogen (secondary N) is 1. The number of hydrogen-bond donors (Lipinski definition) is 1. The lowest BCUT2D eigenvalue weighted by Gasteiger charge is -2.30. The van der Waals surface area contributed by atoms with Crippen molar-refractivity contribution in [3.8, 4) is 11.5 Å². The number of hydrogen-bond acceptors (Lipinski definition) is 5. The van der Waals surface area contributed by atoms with Gasteiger partial charge in [0.2, 0.25) is 15.9 Å². The van der Waals surface area contributed by atoms with Gasteiger partial charge in [0.05, 0.1) is 11.9 Å². The highest BCUT2D eigenvalue weighted by atomic mass is 32.2. The van der Waals surface area contributed by atoms with E-state index in [0.717, 1.165) is 10.6 Å². The largest absolute Gasteiger partial charge is 0.486 e. The second-order valence-electron chi connectivity index (χ2n) is 5.73. The van der Waals surface area contributed by atoms with Crippen molar-refractivity contribution in [3.05, 3.63) is 18.2 Å². The maximum Gasteiger partial charge on any atom is 0.243 e. The number of ether oxygens (including phenoxy) is 2. The molecule has 0 spiro atoms. The number of rotatable bonds is 5. The van der Waals surface area contributed by atoms with E-state index in [0.29, 0.717) is 30.4 Å². The normalized spacial score (nSPS) is 15.2. The number of sulfonamides is 1. The van der Waals surface area contributed by atoms with E-state index in [1.807, 2.05) is 13.8 Å². The molecule has 2 rings (SSSR count). The summed E-state index contributed by atoms with van der Waals surface area (Å²) in [6.07, 6.45) is 1.07. The van der Waals surface area contributed by atoms with Gasteiger partial charge in [0.1, 0.15) is 19.3 Å². The Labute approximate surface area is 136 Å². The molecule has 0 fully saturated rings. The van der Waals surface area contributed by atoms with E-state index in [1.165, 1.54) is 0 Å². The third-order valence-corrected chi connectivity index (χ3v) is 4.54. The maximum absolute atomic E-state index is 12.2. The summed E-state index contributed by atoms with van der Waals surface area (Å²) in [5.74, 6) is 0.673. The zero-order valence-corrected chi connectivity index (χ0v) is 14.5. The molecule has 23 heavy (non-hydrogen) atoms. The number of fused-ring (bicyclic) bond motifs is 1. The number of benzene rings is 1. The molecule has 0 aromatic heterocycles. The molecule has 1 amide bonds. The van der Waals surface area contributed by atoms with E-state index in [1.54, 1.807) is 25.1 Å². The lowest BCUT2D eigenvalue weighted by Crippen LogP contribution is -2.49. The number of anilines is 1. The fourth-order valence-electron chi connectivity index (χ4n) is 2.38. The van der Waals surface area contributed by atoms with E-state index in [2.05, 4.69) is 5.32 Å². The third-order valence-electron chi connectivity index (χ3n) is 3.30. The summed E-state index contributed by atoms with van der Waals surface area (Å²) in [4.78, 5) is 12.2. The highest BCUT2D eigenvalue weighted by Gasteiger charge is 2.30. The van der Waals surface area contributed by atoms with Gasteiger partial charge in [0.15, 0.2) is 11.5 Å². The predicted molar refractivity (Wildman–Crippen MR) is 87.5 cm³/mol. The Morgan fingerprint density at radius 3 is 2.35 bits per heavy atom. The summed E-state index contributed by atoms with van der Waals surface area (Å²) in [5.41, 5.74) is 0.364. The molecule has 1 heterocycles. The second kappa shape index (κ2) is 6.66. The van der Waals surface area contributed by atoms with Gasteiger partial charge in [-0.3, -0.25) is 9.10 Å². The molecule has 0 saturated heterocycles. The molecular formula is C15H22N2O5S. The molecule has 1 N–H and O–H groups in total. The molecule has 1 aromatic rings. The first-order valence-electron chi connectivity index (χ1n) is 7.39. The number of carbonyl (C=O) groups is 1. The third kappa shape index (κ3) is 4.07. The standard InChI is InChI=1S/C15H22N2O5S/c1-10(2)16-15(18)11(3)17(23(4,19)20)12-5-6-13-14(9-12)22-8-7-21-13/h5-6,9-11H,7-8H2,1-4H3,(H,16,18)/t11-/m1/s1. The molecule has 1 aromatic carbocycles. The predicted octanol–water partition coefficient (Wildman–Crippen LogP) is 1.14. The van der Waals surface area contributed by atoms with Crippen LogP contribution in [0, 0.1) is 0 Å². The Balaban J connectivity index is 2.38. The van der Waals surface area contributed by atoms with Crippen LogP contribution in [0.3, 0.4) is 0 Å². The van der Waals surface area contributed by atoms with Crippen LogP contribution in [0.5, 0.6) is 11.5 Å². The number of carbonyl (C=O) groups excluding carboxylic acids is 1. The van der Waals surface area contributed by atoms with Crippen LogP contribution in [-0.4, -0.2) is 45.9 Å². The van der Waals surface area contributed by atoms with E-state index in [9.17, 15) is 13.2 Å². The lowest BCUT2D eigenvalue weighted by atomic mass is 10.2. The van der Waals surface area contributed by atoms with Gasteiger partial charge in [-0.1, -0.05) is 0 Å². The van der Waals surface area contributed by atoms with Crippen LogP contribution >= 0.6 is 0 Å². The van der Waals surface area contributed by atoms with Crippen molar-refractivity contribution >= 4 is 21.6 Å². The molecule has 1 atom stereocenters. The van der Waals surface area contributed by atoms with Crippen molar-refractivity contribution in [1.29, 1.82) is 0 Å². The average Bonchev–Trinajstić information content (AvgIpc) is 2.45. The molecule has 0 unspecified atom stereocenters. The molecule has 0 radical (unpaired) electrons. The van der Waals surface area contributed by atoms with Gasteiger partial charge in [-0.15, -0.1) is 0 Å². The summed E-state index contributed by atoms with van der Waals surface area (Å²) in [6, 6.07) is 3.87. The summed E-state index contributed by atoms with van der Waals surface area (Å²) in [7, 11) is -3.65. The lowest BCUT2D eigenvalue weighted by molar-refractivity contribution is -0.122. The Hall–Kier alpha value is -1.96. The van der Waals surface area contributed by atoms with Gasteiger partial charge in [-0.2, -0.15) is 0 Å². The SMILES string of the molecule is CC(C)NC(=O)[C@@H](C)N(c1ccc2c(c1)OCCO2)S(C)(=O)=O. The van der Waals surface area contributed by atoms with E-state index < -0.39 is 16.1 Å². The first-order chi connectivity index (χ1) is 10.7. The van der Waals surface area contributed by atoms with Crippen LogP contribution in [0.1, 0.15) is 20.8 Å². The minimum absolute atomic E-state index is 0.0772. The van der Waals surface area contributed by atoms with Crippen LogP contribution in [-0.2, 0) is 14.8 Å². The second-order valence-corrected chi connectivity index (χ2v) is 7.59. The van der Waals surface area contributed by atoms with Crippen LogP contribution in [0.4, 0.5) is 5.69 Å². The van der Waals surface area contributed by atoms with Gasteiger partial charge in [0, 0.05) is 12.1 Å². The maximum atomic E-state index is 12.2. The van der Waals surface area contributed by atoms with E-state index >= 15 is 0 Å². The first-order valence-corrected chi connectivity index (χ1v) is 9.24. The first kappa shape index (κ1) is 17.4. The number of nitrogens with zero attached hydrogens (tertiary/aromatic N) is 1. The van der Waals surface area contributed by atoms with E-state index in [-0.39, 0.29) is 11.9 Å². The Morgan fingerprint density at radius 1 is 1.17 bits per heavy atom. The molecule has 0 bridgehead atoms. The molecule has 128 valence electrons. The summed E-state index contributed by atoms with van der Waals surface area (Å²) >= 11 is 0. The van der Waals surface area contributed by atoms with Crippen molar-refractivity contribution < 1.29 is 22.7 Å². The Kier molecular flexibility index (Phi) is 5.03. The van der Waals surface area contributed by atoms with Crippen LogP contribution in [0.25, 0.3) is 0 Å². The van der Waals surface area contributed by atoms with Crippen LogP contribution in [0.15, 0.2) is 18.2 Å². The van der Waals surface area contributed by atoms with Crippen molar-refractivity contribution in [2.45, 2.75) is 32.9 Å². The Morgan fingerprint density at radius 2 is 1.78 bits per heavy atom. The highest BCUT2D eigenvalue weighted by molar-refractivity contribution is 7.92. The van der Waals surface area contributed by atoms with Gasteiger partial charge in [0.25, 0.3) is 0 Å². The van der Waals surface area contributed by atoms with Crippen LogP contribution in [0.2, 0.25) is 0 Å². The summed E-state index contributed by atoms with van der Waals surface area (Å²) in [5, 5.41) is 2.73. The van der Waals surface area contributed by atoms with Crippen molar-refractivity contribution in [1.82, 2.24) is 5.32 Å². The molecule has 1 aliphatic heterocycles. The van der Waals surface area contributed by atoms with E-state index in [4.69, 9.17) is 9.47 Å². The summed E-state index contributed by atoms with van der Waals surface area (Å²) in [6.45, 7) is 6.04. The van der Waals surface area contributed by atoms with Crippen molar-refractivity contribution in [2.24, 2.45) is 0 Å². The molecule has 0 aliphatic carbocycles.